The second kappa shape index (κ2) is 5.32. The lowest BCUT2D eigenvalue weighted by Crippen LogP contribution is -2.03. The molecule has 0 saturated heterocycles. The summed E-state index contributed by atoms with van der Waals surface area (Å²) in [5, 5.41) is 20.6. The van der Waals surface area contributed by atoms with Gasteiger partial charge in [-0.3, -0.25) is 0 Å². The van der Waals surface area contributed by atoms with Gasteiger partial charge in [0.1, 0.15) is 6.07 Å². The lowest BCUT2D eigenvalue weighted by molar-refractivity contribution is 0.749. The second-order valence-corrected chi connectivity index (χ2v) is 4.06. The molecule has 5 nitrogen and oxygen atoms in total. The quantitative estimate of drug-likeness (QED) is 0.891. The number of nitrogens with one attached hydrogen (secondary N) is 1. The van der Waals surface area contributed by atoms with Gasteiger partial charge in [-0.05, 0) is 31.0 Å². The Morgan fingerprint density at radius 1 is 1.39 bits per heavy atom. The molecule has 0 bridgehead atoms. The van der Waals surface area contributed by atoms with Crippen LogP contribution in [0, 0.1) is 18.3 Å². The summed E-state index contributed by atoms with van der Waals surface area (Å²) in [7, 11) is 0. The average Bonchev–Trinajstić information content (AvgIpc) is 2.79. The van der Waals surface area contributed by atoms with Crippen molar-refractivity contribution in [3.05, 3.63) is 35.5 Å². The zero-order valence-electron chi connectivity index (χ0n) is 10.5. The van der Waals surface area contributed by atoms with E-state index in [1.807, 2.05) is 31.2 Å². The zero-order valence-corrected chi connectivity index (χ0v) is 10.5. The molecule has 2 rings (SSSR count). The minimum Gasteiger partial charge on any atom is -0.366 e. The van der Waals surface area contributed by atoms with Crippen molar-refractivity contribution in [2.24, 2.45) is 0 Å². The Morgan fingerprint density at radius 3 is 2.89 bits per heavy atom. The summed E-state index contributed by atoms with van der Waals surface area (Å²) in [4.78, 5) is 1.49. The number of anilines is 1. The first-order chi connectivity index (χ1) is 8.74. The highest BCUT2D eigenvalue weighted by Gasteiger charge is 2.10. The van der Waals surface area contributed by atoms with E-state index < -0.39 is 0 Å². The molecule has 1 aromatic heterocycles. The molecular weight excluding hydrogens is 226 g/mol. The van der Waals surface area contributed by atoms with Crippen molar-refractivity contribution in [3.63, 3.8) is 0 Å². The first-order valence-electron chi connectivity index (χ1n) is 5.93. The van der Waals surface area contributed by atoms with Gasteiger partial charge in [-0.15, -0.1) is 15.0 Å². The van der Waals surface area contributed by atoms with Gasteiger partial charge in [-0.2, -0.15) is 5.26 Å². The molecule has 0 aliphatic carbocycles. The van der Waals surface area contributed by atoms with Crippen molar-refractivity contribution in [1.29, 1.82) is 5.26 Å². The first-order valence-corrected chi connectivity index (χ1v) is 5.93. The smallest absolute Gasteiger partial charge is 0.207 e. The van der Waals surface area contributed by atoms with E-state index in [0.717, 1.165) is 24.2 Å². The highest BCUT2D eigenvalue weighted by molar-refractivity contribution is 5.47. The minimum absolute atomic E-state index is 0.324. The molecule has 0 radical (unpaired) electrons. The van der Waals surface area contributed by atoms with Crippen molar-refractivity contribution in [3.8, 4) is 11.8 Å². The molecule has 0 atom stereocenters. The van der Waals surface area contributed by atoms with Crippen LogP contribution in [0.1, 0.15) is 24.6 Å². The lowest BCUT2D eigenvalue weighted by Gasteiger charge is -2.00. The second-order valence-electron chi connectivity index (χ2n) is 4.06. The van der Waals surface area contributed by atoms with E-state index in [1.54, 1.807) is 0 Å². The molecule has 2 aromatic rings. The Bertz CT molecular complexity index is 579. The van der Waals surface area contributed by atoms with E-state index in [-0.39, 0.29) is 0 Å². The molecule has 5 heteroatoms. The maximum absolute atomic E-state index is 9.03. The molecule has 0 saturated carbocycles. The van der Waals surface area contributed by atoms with Gasteiger partial charge in [0, 0.05) is 6.54 Å². The van der Waals surface area contributed by atoms with Crippen LogP contribution >= 0.6 is 0 Å². The molecule has 0 amide bonds. The van der Waals surface area contributed by atoms with E-state index >= 15 is 0 Å². The Hall–Kier alpha value is -2.35. The van der Waals surface area contributed by atoms with Crippen LogP contribution in [0.25, 0.3) is 5.69 Å². The molecule has 1 heterocycles. The molecule has 92 valence electrons. The van der Waals surface area contributed by atoms with E-state index in [2.05, 4.69) is 28.5 Å². The van der Waals surface area contributed by atoms with Gasteiger partial charge in [0.15, 0.2) is 5.82 Å². The summed E-state index contributed by atoms with van der Waals surface area (Å²) < 4.78 is 0. The number of aryl methyl sites for hydroxylation is 1. The van der Waals surface area contributed by atoms with Crippen molar-refractivity contribution in [2.45, 2.75) is 20.3 Å². The molecule has 18 heavy (non-hydrogen) atoms. The fourth-order valence-corrected chi connectivity index (χ4v) is 1.61. The monoisotopic (exact) mass is 241 g/mol. The van der Waals surface area contributed by atoms with E-state index in [9.17, 15) is 0 Å². The molecule has 0 unspecified atom stereocenters. The number of rotatable bonds is 4. The predicted octanol–water partition coefficient (Wildman–Crippen LogP) is 2.27. The number of nitrogens with zero attached hydrogens (tertiary/aromatic N) is 4. The largest absolute Gasteiger partial charge is 0.366 e. The summed E-state index contributed by atoms with van der Waals surface area (Å²) in [6, 6.07) is 9.90. The SMILES string of the molecule is CCCNc1nn(-c2cccc(C)c2)nc1C#N. The molecule has 0 spiro atoms. The van der Waals surface area contributed by atoms with Crippen LogP contribution < -0.4 is 5.32 Å². The molecule has 1 aromatic carbocycles. The standard InChI is InChI=1S/C13H15N5/c1-3-7-15-13-12(9-14)16-18(17-13)11-6-4-5-10(2)8-11/h4-6,8H,3,7H2,1-2H3,(H,15,17). The van der Waals surface area contributed by atoms with Gasteiger partial charge in [-0.1, -0.05) is 19.1 Å². The van der Waals surface area contributed by atoms with Crippen molar-refractivity contribution < 1.29 is 0 Å². The Balaban J connectivity index is 2.35. The number of hydrogen-bond acceptors (Lipinski definition) is 4. The normalized spacial score (nSPS) is 10.1. The van der Waals surface area contributed by atoms with Crippen molar-refractivity contribution >= 4 is 5.82 Å². The summed E-state index contributed by atoms with van der Waals surface area (Å²) in [5.41, 5.74) is 2.31. The predicted molar refractivity (Wildman–Crippen MR) is 69.6 cm³/mol. The maximum atomic E-state index is 9.03. The van der Waals surface area contributed by atoms with Crippen molar-refractivity contribution in [2.75, 3.05) is 11.9 Å². The van der Waals surface area contributed by atoms with Crippen LogP contribution in [0.3, 0.4) is 0 Å². The molecule has 0 aliphatic heterocycles. The third kappa shape index (κ3) is 2.48. The Kier molecular flexibility index (Phi) is 3.58. The molecular formula is C13H15N5. The Morgan fingerprint density at radius 2 is 2.22 bits per heavy atom. The van der Waals surface area contributed by atoms with Crippen LogP contribution in [0.5, 0.6) is 0 Å². The van der Waals surface area contributed by atoms with Crippen LogP contribution in [0.15, 0.2) is 24.3 Å². The van der Waals surface area contributed by atoms with Crippen LogP contribution in [-0.2, 0) is 0 Å². The van der Waals surface area contributed by atoms with Gasteiger partial charge < -0.3 is 5.32 Å². The number of aromatic nitrogens is 3. The number of nitriles is 1. The summed E-state index contributed by atoms with van der Waals surface area (Å²) >= 11 is 0. The Labute approximate surface area is 106 Å². The van der Waals surface area contributed by atoms with E-state index in [1.165, 1.54) is 4.80 Å². The van der Waals surface area contributed by atoms with Gasteiger partial charge in [0.2, 0.25) is 5.69 Å². The average molecular weight is 241 g/mol. The highest BCUT2D eigenvalue weighted by Crippen LogP contribution is 2.13. The van der Waals surface area contributed by atoms with Gasteiger partial charge in [0.25, 0.3) is 0 Å². The summed E-state index contributed by atoms with van der Waals surface area (Å²) in [5.74, 6) is 0.542. The number of hydrogen-bond donors (Lipinski definition) is 1. The van der Waals surface area contributed by atoms with Gasteiger partial charge in [0.05, 0.1) is 5.69 Å². The van der Waals surface area contributed by atoms with Crippen molar-refractivity contribution in [1.82, 2.24) is 15.0 Å². The summed E-state index contributed by atoms with van der Waals surface area (Å²) in [6.45, 7) is 4.85. The van der Waals surface area contributed by atoms with Crippen LogP contribution in [0.2, 0.25) is 0 Å². The number of benzene rings is 1. The topological polar surface area (TPSA) is 66.5 Å². The van der Waals surface area contributed by atoms with Gasteiger partial charge in [-0.25, -0.2) is 0 Å². The fraction of sp³-hybridized carbons (Fsp3) is 0.308. The highest BCUT2D eigenvalue weighted by atomic mass is 15.5. The zero-order chi connectivity index (χ0) is 13.0. The third-order valence-electron chi connectivity index (χ3n) is 2.49. The molecule has 0 fully saturated rings. The first kappa shape index (κ1) is 12.1. The maximum Gasteiger partial charge on any atom is 0.207 e. The van der Waals surface area contributed by atoms with Gasteiger partial charge >= 0.3 is 0 Å². The van der Waals surface area contributed by atoms with Crippen LogP contribution in [-0.4, -0.2) is 21.5 Å². The fourth-order valence-electron chi connectivity index (χ4n) is 1.61. The molecule has 0 aliphatic rings. The van der Waals surface area contributed by atoms with Crippen LogP contribution in [0.4, 0.5) is 5.82 Å². The van der Waals surface area contributed by atoms with E-state index in [0.29, 0.717) is 11.5 Å². The minimum atomic E-state index is 0.324. The third-order valence-corrected chi connectivity index (χ3v) is 2.49. The molecule has 1 N–H and O–H groups in total. The van der Waals surface area contributed by atoms with E-state index in [4.69, 9.17) is 5.26 Å². The lowest BCUT2D eigenvalue weighted by atomic mass is 10.2. The summed E-state index contributed by atoms with van der Waals surface area (Å²) in [6.07, 6.45) is 0.974.